The molecule has 0 unspecified atom stereocenters. The average Bonchev–Trinajstić information content (AvgIpc) is 3.17. The highest BCUT2D eigenvalue weighted by Crippen LogP contribution is 2.27. The molecule has 3 aromatic heterocycles. The molecule has 8 nitrogen and oxygen atoms in total. The Hall–Kier alpha value is -2.72. The summed E-state index contributed by atoms with van der Waals surface area (Å²) in [4.78, 5) is 0. The molecule has 0 aromatic carbocycles. The van der Waals surface area contributed by atoms with E-state index in [-0.39, 0.29) is 12.2 Å². The van der Waals surface area contributed by atoms with Gasteiger partial charge in [0, 0.05) is 25.4 Å². The van der Waals surface area contributed by atoms with Crippen LogP contribution in [-0.2, 0) is 25.7 Å². The van der Waals surface area contributed by atoms with Gasteiger partial charge in [-0.05, 0) is 22.6 Å². The molecule has 0 aliphatic heterocycles. The average molecular weight is 312 g/mol. The van der Waals surface area contributed by atoms with Gasteiger partial charge in [-0.3, -0.25) is 9.78 Å². The van der Waals surface area contributed by atoms with E-state index in [4.69, 9.17) is 0 Å². The summed E-state index contributed by atoms with van der Waals surface area (Å²) in [7, 11) is 0. The van der Waals surface area contributed by atoms with E-state index in [9.17, 15) is 13.2 Å². The van der Waals surface area contributed by atoms with Crippen LogP contribution in [0.3, 0.4) is 0 Å². The first-order valence-electron chi connectivity index (χ1n) is 6.36. The summed E-state index contributed by atoms with van der Waals surface area (Å²) < 4.78 is 40.6. The molecule has 0 atom stereocenters. The van der Waals surface area contributed by atoms with Gasteiger partial charge in [0.15, 0.2) is 11.5 Å². The number of H-pyrrole nitrogens is 1. The van der Waals surface area contributed by atoms with Crippen LogP contribution in [0.25, 0.3) is 0 Å². The van der Waals surface area contributed by atoms with Crippen LogP contribution < -0.4 is 0 Å². The van der Waals surface area contributed by atoms with Gasteiger partial charge in [-0.2, -0.15) is 23.4 Å². The van der Waals surface area contributed by atoms with Crippen molar-refractivity contribution in [2.45, 2.75) is 25.7 Å². The first kappa shape index (κ1) is 14.2. The topological polar surface area (TPSA) is 90.1 Å². The number of aromatic nitrogens is 8. The molecule has 22 heavy (non-hydrogen) atoms. The van der Waals surface area contributed by atoms with Gasteiger partial charge in [0.2, 0.25) is 0 Å². The van der Waals surface area contributed by atoms with Crippen molar-refractivity contribution >= 4 is 0 Å². The maximum atomic E-state index is 12.5. The molecule has 0 fully saturated rings. The maximum Gasteiger partial charge on any atom is 0.435 e. The molecular formula is C11H11F3N8. The molecule has 0 aliphatic carbocycles. The molecule has 0 spiro atoms. The second kappa shape index (κ2) is 5.58. The molecule has 116 valence electrons. The fourth-order valence-electron chi connectivity index (χ4n) is 1.92. The summed E-state index contributed by atoms with van der Waals surface area (Å²) in [6.45, 7) is 0.661. The number of aromatic amines is 1. The minimum absolute atomic E-state index is 0.0878. The first-order chi connectivity index (χ1) is 10.5. The van der Waals surface area contributed by atoms with Crippen molar-refractivity contribution in [3.05, 3.63) is 41.7 Å². The fraction of sp³-hybridized carbons (Fsp3) is 0.364. The molecule has 0 radical (unpaired) electrons. The van der Waals surface area contributed by atoms with Crippen molar-refractivity contribution in [2.75, 3.05) is 0 Å². The van der Waals surface area contributed by atoms with E-state index in [1.165, 1.54) is 4.68 Å². The third-order valence-corrected chi connectivity index (χ3v) is 2.97. The number of tetrazole rings is 1. The Labute approximate surface area is 121 Å². The molecule has 0 aliphatic rings. The third kappa shape index (κ3) is 3.13. The molecule has 0 amide bonds. The first-order valence-corrected chi connectivity index (χ1v) is 6.36. The zero-order valence-electron chi connectivity index (χ0n) is 11.2. The number of halogens is 3. The lowest BCUT2D eigenvalue weighted by Gasteiger charge is -2.03. The van der Waals surface area contributed by atoms with E-state index in [0.717, 1.165) is 6.07 Å². The molecule has 3 rings (SSSR count). The Morgan fingerprint density at radius 3 is 2.82 bits per heavy atom. The van der Waals surface area contributed by atoms with Crippen LogP contribution in [0.2, 0.25) is 0 Å². The number of aryl methyl sites for hydroxylation is 2. The summed E-state index contributed by atoms with van der Waals surface area (Å²) in [5.41, 5.74) is -0.686. The van der Waals surface area contributed by atoms with Crippen molar-refractivity contribution in [2.24, 2.45) is 0 Å². The maximum absolute atomic E-state index is 12.5. The lowest BCUT2D eigenvalue weighted by molar-refractivity contribution is -0.141. The number of rotatable bonds is 5. The predicted octanol–water partition coefficient (Wildman–Crippen LogP) is 0.902. The van der Waals surface area contributed by atoms with E-state index >= 15 is 0 Å². The monoisotopic (exact) mass is 312 g/mol. The lowest BCUT2D eigenvalue weighted by Crippen LogP contribution is -2.11. The van der Waals surface area contributed by atoms with E-state index in [1.54, 1.807) is 23.1 Å². The van der Waals surface area contributed by atoms with Gasteiger partial charge in [0.25, 0.3) is 0 Å². The Kier molecular flexibility index (Phi) is 3.61. The van der Waals surface area contributed by atoms with Crippen molar-refractivity contribution in [1.29, 1.82) is 0 Å². The highest BCUT2D eigenvalue weighted by atomic mass is 19.4. The van der Waals surface area contributed by atoms with Crippen molar-refractivity contribution in [3.8, 4) is 0 Å². The number of alkyl halides is 3. The second-order valence-electron chi connectivity index (χ2n) is 4.55. The minimum Gasteiger partial charge on any atom is -0.280 e. The largest absolute Gasteiger partial charge is 0.435 e. The van der Waals surface area contributed by atoms with Gasteiger partial charge in [-0.25, -0.2) is 4.68 Å². The van der Waals surface area contributed by atoms with Crippen molar-refractivity contribution in [1.82, 2.24) is 40.2 Å². The summed E-state index contributed by atoms with van der Waals surface area (Å²) >= 11 is 0. The molecule has 3 aromatic rings. The fourth-order valence-corrected chi connectivity index (χ4v) is 1.92. The highest BCUT2D eigenvalue weighted by molar-refractivity contribution is 5.12. The molecule has 11 heteroatoms. The molecule has 1 N–H and O–H groups in total. The Morgan fingerprint density at radius 2 is 2.14 bits per heavy atom. The lowest BCUT2D eigenvalue weighted by atomic mass is 10.3. The molecule has 0 saturated heterocycles. The summed E-state index contributed by atoms with van der Waals surface area (Å²) in [5, 5.41) is 20.8. The number of nitrogens with zero attached hydrogens (tertiary/aromatic N) is 7. The van der Waals surface area contributed by atoms with E-state index in [1.807, 2.05) is 0 Å². The smallest absolute Gasteiger partial charge is 0.280 e. The predicted molar refractivity (Wildman–Crippen MR) is 66.4 cm³/mol. The molecule has 0 bridgehead atoms. The summed E-state index contributed by atoms with van der Waals surface area (Å²) in [5.74, 6) is 0.554. The zero-order chi connectivity index (χ0) is 15.6. The van der Waals surface area contributed by atoms with Crippen LogP contribution in [0.4, 0.5) is 13.2 Å². The highest BCUT2D eigenvalue weighted by Gasteiger charge is 2.33. The van der Waals surface area contributed by atoms with Crippen LogP contribution >= 0.6 is 0 Å². The van der Waals surface area contributed by atoms with Crippen LogP contribution in [0, 0.1) is 0 Å². The van der Waals surface area contributed by atoms with Gasteiger partial charge in [0.1, 0.15) is 0 Å². The van der Waals surface area contributed by atoms with Crippen LogP contribution in [0.1, 0.15) is 17.2 Å². The van der Waals surface area contributed by atoms with Crippen LogP contribution in [-0.4, -0.2) is 40.2 Å². The molecular weight excluding hydrogens is 301 g/mol. The number of nitrogens with one attached hydrogen (secondary N) is 1. The standard InChI is InChI=1S/C11H11F3N8/c12-11(13,14)9-6-8(16-17-9)7-22-10(18-19-20-22)2-5-21-4-1-3-15-21/h1,3-4,6H,2,5,7H2,(H,16,17). The van der Waals surface area contributed by atoms with Gasteiger partial charge < -0.3 is 0 Å². The summed E-state index contributed by atoms with van der Waals surface area (Å²) in [6, 6.07) is 2.74. The van der Waals surface area contributed by atoms with Crippen molar-refractivity contribution < 1.29 is 13.2 Å². The van der Waals surface area contributed by atoms with Gasteiger partial charge in [-0.1, -0.05) is 0 Å². The molecule has 0 saturated carbocycles. The number of hydrogen-bond donors (Lipinski definition) is 1. The summed E-state index contributed by atoms with van der Waals surface area (Å²) in [6.07, 6.45) is -0.502. The Morgan fingerprint density at radius 1 is 1.27 bits per heavy atom. The van der Waals surface area contributed by atoms with Gasteiger partial charge in [0.05, 0.1) is 12.2 Å². The van der Waals surface area contributed by atoms with E-state index < -0.39 is 11.9 Å². The second-order valence-corrected chi connectivity index (χ2v) is 4.55. The van der Waals surface area contributed by atoms with E-state index in [2.05, 4.69) is 30.8 Å². The van der Waals surface area contributed by atoms with Crippen molar-refractivity contribution in [3.63, 3.8) is 0 Å². The van der Waals surface area contributed by atoms with Gasteiger partial charge >= 0.3 is 6.18 Å². The zero-order valence-corrected chi connectivity index (χ0v) is 11.2. The molecule has 3 heterocycles. The Balaban J connectivity index is 1.68. The van der Waals surface area contributed by atoms with Gasteiger partial charge in [-0.15, -0.1) is 5.10 Å². The third-order valence-electron chi connectivity index (χ3n) is 2.97. The quantitative estimate of drug-likeness (QED) is 0.756. The van der Waals surface area contributed by atoms with Crippen LogP contribution in [0.15, 0.2) is 24.5 Å². The Bertz CT molecular complexity index is 727. The minimum atomic E-state index is -4.47. The van der Waals surface area contributed by atoms with Crippen LogP contribution in [0.5, 0.6) is 0 Å². The normalized spacial score (nSPS) is 12.0. The SMILES string of the molecule is FC(F)(F)c1cc(Cn2nnnc2CCn2cccn2)[nH]n1. The van der Waals surface area contributed by atoms with E-state index in [0.29, 0.717) is 18.8 Å². The number of hydrogen-bond acceptors (Lipinski definition) is 5.